The number of aromatic nitrogens is 1. The SMILES string of the molecule is Brc1cc2ccc3c(c2n1-c1ccccc1)C=CCC3. The number of hydrogen-bond acceptors (Lipinski definition) is 0. The van der Waals surface area contributed by atoms with Gasteiger partial charge in [0.25, 0.3) is 0 Å². The Morgan fingerprint density at radius 2 is 1.85 bits per heavy atom. The van der Waals surface area contributed by atoms with Gasteiger partial charge in [-0.2, -0.15) is 0 Å². The molecule has 98 valence electrons. The van der Waals surface area contributed by atoms with E-state index in [4.69, 9.17) is 0 Å². The van der Waals surface area contributed by atoms with E-state index in [1.165, 1.54) is 27.7 Å². The van der Waals surface area contributed by atoms with E-state index < -0.39 is 0 Å². The molecule has 0 saturated heterocycles. The molecule has 3 aromatic rings. The highest BCUT2D eigenvalue weighted by molar-refractivity contribution is 9.10. The molecule has 0 atom stereocenters. The van der Waals surface area contributed by atoms with Crippen molar-refractivity contribution in [3.05, 3.63) is 70.3 Å². The molecule has 0 bridgehead atoms. The highest BCUT2D eigenvalue weighted by Crippen LogP contribution is 2.34. The van der Waals surface area contributed by atoms with E-state index in [9.17, 15) is 0 Å². The third-order valence-electron chi connectivity index (χ3n) is 3.93. The van der Waals surface area contributed by atoms with Crippen molar-refractivity contribution in [3.63, 3.8) is 0 Å². The molecule has 20 heavy (non-hydrogen) atoms. The van der Waals surface area contributed by atoms with Crippen LogP contribution in [0.1, 0.15) is 17.5 Å². The molecule has 1 nitrogen and oxygen atoms in total. The third-order valence-corrected chi connectivity index (χ3v) is 4.51. The second-order valence-electron chi connectivity index (χ2n) is 5.16. The number of rotatable bonds is 1. The molecule has 2 heteroatoms. The summed E-state index contributed by atoms with van der Waals surface area (Å²) in [6, 6.07) is 17.2. The van der Waals surface area contributed by atoms with Crippen LogP contribution >= 0.6 is 15.9 Å². The molecule has 0 saturated carbocycles. The fourth-order valence-corrected chi connectivity index (χ4v) is 3.63. The molecule has 0 spiro atoms. The Hall–Kier alpha value is -1.80. The quantitative estimate of drug-likeness (QED) is 0.568. The lowest BCUT2D eigenvalue weighted by atomic mass is 9.95. The number of aryl methyl sites for hydroxylation is 1. The van der Waals surface area contributed by atoms with Crippen LogP contribution in [0.5, 0.6) is 0 Å². The lowest BCUT2D eigenvalue weighted by Crippen LogP contribution is -2.00. The minimum absolute atomic E-state index is 1.10. The van der Waals surface area contributed by atoms with E-state index in [-0.39, 0.29) is 0 Å². The van der Waals surface area contributed by atoms with Crippen LogP contribution in [0.15, 0.2) is 59.2 Å². The van der Waals surface area contributed by atoms with E-state index in [1.54, 1.807) is 0 Å². The average molecular weight is 324 g/mol. The standard InChI is InChI=1S/C18H14BrN/c19-17-12-14-11-10-13-6-4-5-9-16(13)18(14)20(17)15-7-2-1-3-8-15/h1-3,5,7-12H,4,6H2. The van der Waals surface area contributed by atoms with Gasteiger partial charge in [-0.05, 0) is 52.5 Å². The number of hydrogen-bond donors (Lipinski definition) is 0. The Morgan fingerprint density at radius 1 is 1.00 bits per heavy atom. The van der Waals surface area contributed by atoms with E-state index in [2.05, 4.69) is 81.2 Å². The van der Waals surface area contributed by atoms with Gasteiger partial charge in [-0.15, -0.1) is 0 Å². The fraction of sp³-hybridized carbons (Fsp3) is 0.111. The molecule has 0 fully saturated rings. The second kappa shape index (κ2) is 4.64. The summed E-state index contributed by atoms with van der Waals surface area (Å²) in [7, 11) is 0. The summed E-state index contributed by atoms with van der Waals surface area (Å²) in [6.45, 7) is 0. The van der Waals surface area contributed by atoms with Gasteiger partial charge >= 0.3 is 0 Å². The summed E-state index contributed by atoms with van der Waals surface area (Å²) in [5, 5.41) is 1.28. The summed E-state index contributed by atoms with van der Waals surface area (Å²) in [4.78, 5) is 0. The topological polar surface area (TPSA) is 4.93 Å². The van der Waals surface area contributed by atoms with E-state index in [0.717, 1.165) is 17.4 Å². The van der Waals surface area contributed by atoms with Crippen LogP contribution in [-0.4, -0.2) is 4.57 Å². The van der Waals surface area contributed by atoms with Crippen molar-refractivity contribution in [3.8, 4) is 5.69 Å². The monoisotopic (exact) mass is 323 g/mol. The molecule has 1 aliphatic rings. The Bertz CT molecular complexity index is 812. The zero-order chi connectivity index (χ0) is 13.5. The maximum absolute atomic E-state index is 3.71. The molecule has 0 aliphatic heterocycles. The third kappa shape index (κ3) is 1.75. The zero-order valence-corrected chi connectivity index (χ0v) is 12.6. The van der Waals surface area contributed by atoms with Crippen molar-refractivity contribution in [1.82, 2.24) is 4.57 Å². The van der Waals surface area contributed by atoms with Crippen LogP contribution < -0.4 is 0 Å². The maximum Gasteiger partial charge on any atom is 0.0903 e. The zero-order valence-electron chi connectivity index (χ0n) is 11.0. The van der Waals surface area contributed by atoms with Crippen LogP contribution in [-0.2, 0) is 6.42 Å². The van der Waals surface area contributed by atoms with Crippen LogP contribution in [0.4, 0.5) is 0 Å². The molecule has 1 heterocycles. The minimum atomic E-state index is 1.10. The largest absolute Gasteiger partial charge is 0.303 e. The minimum Gasteiger partial charge on any atom is -0.303 e. The number of allylic oxidation sites excluding steroid dienone is 1. The van der Waals surface area contributed by atoms with Crippen molar-refractivity contribution in [2.75, 3.05) is 0 Å². The van der Waals surface area contributed by atoms with Crippen LogP contribution in [0.3, 0.4) is 0 Å². The lowest BCUT2D eigenvalue weighted by molar-refractivity contribution is 0.983. The molecule has 1 aromatic heterocycles. The van der Waals surface area contributed by atoms with Crippen LogP contribution in [0.2, 0.25) is 0 Å². The molecule has 0 N–H and O–H groups in total. The van der Waals surface area contributed by atoms with Crippen molar-refractivity contribution in [2.24, 2.45) is 0 Å². The van der Waals surface area contributed by atoms with Crippen molar-refractivity contribution in [1.29, 1.82) is 0 Å². The first kappa shape index (κ1) is 12.0. The van der Waals surface area contributed by atoms with Gasteiger partial charge in [0.1, 0.15) is 0 Å². The molecule has 2 aromatic carbocycles. The van der Waals surface area contributed by atoms with Gasteiger partial charge in [0.15, 0.2) is 0 Å². The van der Waals surface area contributed by atoms with Gasteiger partial charge in [0, 0.05) is 16.6 Å². The highest BCUT2D eigenvalue weighted by Gasteiger charge is 2.15. The molecular formula is C18H14BrN. The summed E-state index contributed by atoms with van der Waals surface area (Å²) >= 11 is 3.71. The Kier molecular flexibility index (Phi) is 2.78. The molecule has 0 unspecified atom stereocenters. The van der Waals surface area contributed by atoms with Gasteiger partial charge in [-0.1, -0.05) is 42.5 Å². The average Bonchev–Trinajstić information content (AvgIpc) is 2.84. The number of para-hydroxylation sites is 1. The molecule has 4 rings (SSSR count). The fourth-order valence-electron chi connectivity index (χ4n) is 3.01. The second-order valence-corrected chi connectivity index (χ2v) is 5.97. The first-order valence-corrected chi connectivity index (χ1v) is 7.69. The predicted molar refractivity (Wildman–Crippen MR) is 88.3 cm³/mol. The summed E-state index contributed by atoms with van der Waals surface area (Å²) < 4.78 is 3.40. The van der Waals surface area contributed by atoms with E-state index in [1.807, 2.05) is 0 Å². The summed E-state index contributed by atoms with van der Waals surface area (Å²) in [6.07, 6.45) is 6.83. The number of nitrogens with zero attached hydrogens (tertiary/aromatic N) is 1. The van der Waals surface area contributed by atoms with Gasteiger partial charge in [-0.25, -0.2) is 0 Å². The molecule has 1 aliphatic carbocycles. The Balaban J connectivity index is 2.11. The van der Waals surface area contributed by atoms with Crippen molar-refractivity contribution < 1.29 is 0 Å². The number of fused-ring (bicyclic) bond motifs is 3. The molecule has 0 radical (unpaired) electrons. The van der Waals surface area contributed by atoms with E-state index >= 15 is 0 Å². The van der Waals surface area contributed by atoms with Gasteiger partial charge in [0.2, 0.25) is 0 Å². The number of halogens is 1. The lowest BCUT2D eigenvalue weighted by Gasteiger charge is -2.15. The van der Waals surface area contributed by atoms with Gasteiger partial charge in [0.05, 0.1) is 10.1 Å². The predicted octanol–water partition coefficient (Wildman–Crippen LogP) is 5.35. The molecular weight excluding hydrogens is 310 g/mol. The maximum atomic E-state index is 3.71. The highest BCUT2D eigenvalue weighted by atomic mass is 79.9. The summed E-state index contributed by atoms with van der Waals surface area (Å²) in [5.41, 5.74) is 5.31. The van der Waals surface area contributed by atoms with Crippen LogP contribution in [0, 0.1) is 0 Å². The van der Waals surface area contributed by atoms with Crippen molar-refractivity contribution in [2.45, 2.75) is 12.8 Å². The first-order valence-electron chi connectivity index (χ1n) is 6.89. The number of benzene rings is 2. The van der Waals surface area contributed by atoms with Crippen LogP contribution in [0.25, 0.3) is 22.7 Å². The smallest absolute Gasteiger partial charge is 0.0903 e. The van der Waals surface area contributed by atoms with Gasteiger partial charge < -0.3 is 4.57 Å². The Morgan fingerprint density at radius 3 is 2.70 bits per heavy atom. The molecule has 0 amide bonds. The summed E-state index contributed by atoms with van der Waals surface area (Å²) in [5.74, 6) is 0. The van der Waals surface area contributed by atoms with E-state index in [0.29, 0.717) is 0 Å². The van der Waals surface area contributed by atoms with Crippen molar-refractivity contribution >= 4 is 32.9 Å². The van der Waals surface area contributed by atoms with Gasteiger partial charge in [-0.3, -0.25) is 0 Å². The first-order chi connectivity index (χ1) is 9.84. The Labute approximate surface area is 126 Å². The normalized spacial score (nSPS) is 13.7.